The van der Waals surface area contributed by atoms with E-state index in [1.54, 1.807) is 18.2 Å². The third-order valence-electron chi connectivity index (χ3n) is 4.33. The van der Waals surface area contributed by atoms with E-state index in [-0.39, 0.29) is 23.9 Å². The van der Waals surface area contributed by atoms with Crippen LogP contribution >= 0.6 is 11.6 Å². The highest BCUT2D eigenvalue weighted by Gasteiger charge is 2.25. The molecule has 0 unspecified atom stereocenters. The van der Waals surface area contributed by atoms with Crippen molar-refractivity contribution in [2.24, 2.45) is 11.7 Å². The number of carbonyl (C=O) groups excluding carboxylic acids is 2. The molecule has 1 aromatic heterocycles. The van der Waals surface area contributed by atoms with Gasteiger partial charge in [0.25, 0.3) is 0 Å². The third kappa shape index (κ3) is 4.51. The Morgan fingerprint density at radius 1 is 1.20 bits per heavy atom. The standard InChI is InChI=1S/C17H19ClN4O3/c18-12-3-1-2-11(8-12)14-9-15(22-25-14)21-17(24)20-13-6-4-10(5-7-13)16(19)23/h1-3,8-10,13H,4-7H2,(H2,19,23)(H2,20,21,22,24). The second-order valence-electron chi connectivity index (χ2n) is 6.14. The first kappa shape index (κ1) is 17.3. The van der Waals surface area contributed by atoms with Gasteiger partial charge in [0.15, 0.2) is 11.6 Å². The van der Waals surface area contributed by atoms with Crippen LogP contribution in [0.25, 0.3) is 11.3 Å². The van der Waals surface area contributed by atoms with Crippen LogP contribution in [0.2, 0.25) is 5.02 Å². The van der Waals surface area contributed by atoms with E-state index in [0.29, 0.717) is 29.4 Å². The predicted octanol–water partition coefficient (Wildman–Crippen LogP) is 3.16. The molecule has 1 heterocycles. The number of hydrogen-bond acceptors (Lipinski definition) is 4. The highest BCUT2D eigenvalue weighted by molar-refractivity contribution is 6.30. The molecule has 0 spiro atoms. The van der Waals surface area contributed by atoms with E-state index in [0.717, 1.165) is 18.4 Å². The van der Waals surface area contributed by atoms with Gasteiger partial charge in [-0.3, -0.25) is 10.1 Å². The summed E-state index contributed by atoms with van der Waals surface area (Å²) < 4.78 is 5.23. The van der Waals surface area contributed by atoms with Gasteiger partial charge >= 0.3 is 6.03 Å². The molecule has 1 saturated carbocycles. The summed E-state index contributed by atoms with van der Waals surface area (Å²) in [5.74, 6) is 0.481. The highest BCUT2D eigenvalue weighted by atomic mass is 35.5. The van der Waals surface area contributed by atoms with Crippen molar-refractivity contribution in [3.8, 4) is 11.3 Å². The van der Waals surface area contributed by atoms with Crippen LogP contribution in [0.3, 0.4) is 0 Å². The molecule has 1 aromatic carbocycles. The van der Waals surface area contributed by atoms with Crippen LogP contribution in [0, 0.1) is 5.92 Å². The summed E-state index contributed by atoms with van der Waals surface area (Å²) in [6.45, 7) is 0. The molecule has 0 atom stereocenters. The Hall–Kier alpha value is -2.54. The van der Waals surface area contributed by atoms with E-state index in [1.807, 2.05) is 12.1 Å². The second-order valence-corrected chi connectivity index (χ2v) is 6.57. The van der Waals surface area contributed by atoms with E-state index in [4.69, 9.17) is 21.9 Å². The Bertz CT molecular complexity index is 769. The zero-order valence-corrected chi connectivity index (χ0v) is 14.3. The van der Waals surface area contributed by atoms with E-state index in [2.05, 4.69) is 15.8 Å². The molecule has 3 amide bonds. The van der Waals surface area contributed by atoms with Gasteiger partial charge in [-0.1, -0.05) is 28.9 Å². The molecule has 7 nitrogen and oxygen atoms in total. The molecular weight excluding hydrogens is 344 g/mol. The highest BCUT2D eigenvalue weighted by Crippen LogP contribution is 2.26. The fourth-order valence-electron chi connectivity index (χ4n) is 2.97. The van der Waals surface area contributed by atoms with Crippen molar-refractivity contribution in [1.29, 1.82) is 0 Å². The van der Waals surface area contributed by atoms with Gasteiger partial charge in [-0.25, -0.2) is 4.79 Å². The molecule has 8 heteroatoms. The quantitative estimate of drug-likeness (QED) is 0.775. The van der Waals surface area contributed by atoms with Crippen molar-refractivity contribution in [2.75, 3.05) is 5.32 Å². The van der Waals surface area contributed by atoms with Gasteiger partial charge in [0, 0.05) is 28.6 Å². The van der Waals surface area contributed by atoms with Crippen LogP contribution in [0.15, 0.2) is 34.9 Å². The fourth-order valence-corrected chi connectivity index (χ4v) is 3.16. The summed E-state index contributed by atoms with van der Waals surface area (Å²) in [7, 11) is 0. The van der Waals surface area contributed by atoms with Gasteiger partial charge < -0.3 is 15.6 Å². The Kier molecular flexibility index (Phi) is 5.23. The molecule has 1 aliphatic rings. The average Bonchev–Trinajstić information content (AvgIpc) is 3.03. The number of anilines is 1. The average molecular weight is 363 g/mol. The molecule has 1 fully saturated rings. The minimum absolute atomic E-state index is 0.0231. The van der Waals surface area contributed by atoms with E-state index in [9.17, 15) is 9.59 Å². The molecule has 0 aliphatic heterocycles. The summed E-state index contributed by atoms with van der Waals surface area (Å²) in [5.41, 5.74) is 6.09. The minimum atomic E-state index is -0.353. The predicted molar refractivity (Wildman–Crippen MR) is 94.0 cm³/mol. The summed E-state index contributed by atoms with van der Waals surface area (Å²) in [5, 5.41) is 9.96. The number of nitrogens with two attached hydrogens (primary N) is 1. The van der Waals surface area contributed by atoms with E-state index >= 15 is 0 Å². The summed E-state index contributed by atoms with van der Waals surface area (Å²) in [6, 6.07) is 8.47. The van der Waals surface area contributed by atoms with Crippen molar-refractivity contribution < 1.29 is 14.1 Å². The molecule has 0 radical (unpaired) electrons. The number of primary amides is 1. The fraction of sp³-hybridized carbons (Fsp3) is 0.353. The lowest BCUT2D eigenvalue weighted by atomic mass is 9.86. The van der Waals surface area contributed by atoms with E-state index < -0.39 is 0 Å². The number of carbonyl (C=O) groups is 2. The molecule has 0 bridgehead atoms. The molecule has 4 N–H and O–H groups in total. The lowest BCUT2D eigenvalue weighted by Gasteiger charge is -2.27. The number of halogens is 1. The van der Waals surface area contributed by atoms with Crippen molar-refractivity contribution in [3.05, 3.63) is 35.4 Å². The minimum Gasteiger partial charge on any atom is -0.369 e. The van der Waals surface area contributed by atoms with Crippen LogP contribution in [0.4, 0.5) is 10.6 Å². The molecular formula is C17H19ClN4O3. The van der Waals surface area contributed by atoms with Gasteiger partial charge in [0.2, 0.25) is 5.91 Å². The number of benzene rings is 1. The Balaban J connectivity index is 1.53. The van der Waals surface area contributed by atoms with Crippen LogP contribution in [-0.2, 0) is 4.79 Å². The third-order valence-corrected chi connectivity index (χ3v) is 4.56. The molecule has 132 valence electrons. The topological polar surface area (TPSA) is 110 Å². The summed E-state index contributed by atoms with van der Waals surface area (Å²) >= 11 is 5.95. The number of rotatable bonds is 4. The van der Waals surface area contributed by atoms with Gasteiger partial charge in [0.1, 0.15) is 0 Å². The number of hydrogen-bond donors (Lipinski definition) is 3. The molecule has 3 rings (SSSR count). The number of nitrogens with one attached hydrogen (secondary N) is 2. The largest absolute Gasteiger partial charge is 0.369 e. The Labute approximate surface area is 149 Å². The first-order chi connectivity index (χ1) is 12.0. The van der Waals surface area contributed by atoms with Gasteiger partial charge in [-0.05, 0) is 37.8 Å². The number of urea groups is 1. The number of aromatic nitrogens is 1. The van der Waals surface area contributed by atoms with E-state index in [1.165, 1.54) is 0 Å². The maximum atomic E-state index is 12.1. The van der Waals surface area contributed by atoms with Gasteiger partial charge in [-0.15, -0.1) is 0 Å². The molecule has 0 saturated heterocycles. The van der Waals surface area contributed by atoms with Crippen molar-refractivity contribution >= 4 is 29.4 Å². The van der Waals surface area contributed by atoms with Crippen LogP contribution in [0.1, 0.15) is 25.7 Å². The maximum absolute atomic E-state index is 12.1. The maximum Gasteiger partial charge on any atom is 0.320 e. The van der Waals surface area contributed by atoms with Crippen molar-refractivity contribution in [2.45, 2.75) is 31.7 Å². The van der Waals surface area contributed by atoms with Gasteiger partial charge in [0.05, 0.1) is 0 Å². The number of amides is 3. The van der Waals surface area contributed by atoms with Crippen molar-refractivity contribution in [1.82, 2.24) is 10.5 Å². The SMILES string of the molecule is NC(=O)C1CCC(NC(=O)Nc2cc(-c3cccc(Cl)c3)on2)CC1. The zero-order chi connectivity index (χ0) is 17.8. The molecule has 25 heavy (non-hydrogen) atoms. The van der Waals surface area contributed by atoms with Crippen LogP contribution in [-0.4, -0.2) is 23.1 Å². The smallest absolute Gasteiger partial charge is 0.320 e. The van der Waals surface area contributed by atoms with Crippen molar-refractivity contribution in [3.63, 3.8) is 0 Å². The lowest BCUT2D eigenvalue weighted by molar-refractivity contribution is -0.122. The molecule has 1 aliphatic carbocycles. The summed E-state index contributed by atoms with van der Waals surface area (Å²) in [6.07, 6.45) is 2.85. The first-order valence-electron chi connectivity index (χ1n) is 8.11. The van der Waals surface area contributed by atoms with Crippen LogP contribution < -0.4 is 16.4 Å². The van der Waals surface area contributed by atoms with Crippen LogP contribution in [0.5, 0.6) is 0 Å². The zero-order valence-electron chi connectivity index (χ0n) is 13.5. The Morgan fingerprint density at radius 2 is 1.96 bits per heavy atom. The van der Waals surface area contributed by atoms with Gasteiger partial charge in [-0.2, -0.15) is 0 Å². The Morgan fingerprint density at radius 3 is 2.64 bits per heavy atom. The first-order valence-corrected chi connectivity index (χ1v) is 8.48. The molecule has 2 aromatic rings. The normalized spacial score (nSPS) is 20.0. The summed E-state index contributed by atoms with van der Waals surface area (Å²) in [4.78, 5) is 23.2. The monoisotopic (exact) mass is 362 g/mol. The lowest BCUT2D eigenvalue weighted by Crippen LogP contribution is -2.41. The number of nitrogens with zero attached hydrogens (tertiary/aromatic N) is 1. The second kappa shape index (κ2) is 7.57.